The SMILES string of the molecule is O=S(=O)(Cc1ccc(Cl)c(Cl)c1)NC[C@@H]1CCC[C@H]1O. The van der Waals surface area contributed by atoms with Gasteiger partial charge in [-0.1, -0.05) is 35.7 Å². The van der Waals surface area contributed by atoms with E-state index in [1.54, 1.807) is 18.2 Å². The second-order valence-electron chi connectivity index (χ2n) is 5.11. The fourth-order valence-electron chi connectivity index (χ4n) is 2.39. The maximum atomic E-state index is 12.0. The van der Waals surface area contributed by atoms with E-state index in [4.69, 9.17) is 23.2 Å². The molecule has 0 bridgehead atoms. The molecule has 1 aliphatic rings. The van der Waals surface area contributed by atoms with E-state index in [0.29, 0.717) is 15.6 Å². The van der Waals surface area contributed by atoms with Gasteiger partial charge in [0.25, 0.3) is 0 Å². The van der Waals surface area contributed by atoms with Crippen LogP contribution in [0.3, 0.4) is 0 Å². The van der Waals surface area contributed by atoms with Crippen molar-refractivity contribution in [3.63, 3.8) is 0 Å². The molecule has 1 aromatic carbocycles. The van der Waals surface area contributed by atoms with Gasteiger partial charge in [0.2, 0.25) is 10.0 Å². The average molecular weight is 338 g/mol. The van der Waals surface area contributed by atoms with Crippen molar-refractivity contribution in [2.75, 3.05) is 6.54 Å². The maximum Gasteiger partial charge on any atom is 0.215 e. The molecule has 0 saturated heterocycles. The summed E-state index contributed by atoms with van der Waals surface area (Å²) in [5, 5.41) is 10.4. The average Bonchev–Trinajstić information content (AvgIpc) is 2.77. The van der Waals surface area contributed by atoms with Gasteiger partial charge in [0.1, 0.15) is 0 Å². The first kappa shape index (κ1) is 16.0. The van der Waals surface area contributed by atoms with Crippen LogP contribution in [0.5, 0.6) is 0 Å². The maximum absolute atomic E-state index is 12.0. The molecule has 2 rings (SSSR count). The number of rotatable bonds is 5. The molecular weight excluding hydrogens is 321 g/mol. The molecule has 1 aromatic rings. The van der Waals surface area contributed by atoms with Crippen LogP contribution in [0.25, 0.3) is 0 Å². The Kier molecular flexibility index (Phi) is 5.31. The fraction of sp³-hybridized carbons (Fsp3) is 0.538. The van der Waals surface area contributed by atoms with Crippen LogP contribution in [0, 0.1) is 5.92 Å². The van der Waals surface area contributed by atoms with Crippen molar-refractivity contribution < 1.29 is 13.5 Å². The van der Waals surface area contributed by atoms with E-state index in [-0.39, 0.29) is 18.2 Å². The molecule has 0 heterocycles. The third-order valence-corrected chi connectivity index (χ3v) is 5.58. The monoisotopic (exact) mass is 337 g/mol. The summed E-state index contributed by atoms with van der Waals surface area (Å²) in [5.41, 5.74) is 0.582. The Morgan fingerprint density at radius 2 is 2.00 bits per heavy atom. The summed E-state index contributed by atoms with van der Waals surface area (Å²) >= 11 is 11.7. The van der Waals surface area contributed by atoms with Crippen molar-refractivity contribution in [2.24, 2.45) is 5.92 Å². The van der Waals surface area contributed by atoms with Crippen LogP contribution in [0.15, 0.2) is 18.2 Å². The molecule has 1 saturated carbocycles. The summed E-state index contributed by atoms with van der Waals surface area (Å²) in [4.78, 5) is 0. The Morgan fingerprint density at radius 3 is 2.60 bits per heavy atom. The molecule has 2 atom stereocenters. The summed E-state index contributed by atoms with van der Waals surface area (Å²) in [7, 11) is -3.44. The van der Waals surface area contributed by atoms with Gasteiger partial charge in [0.15, 0.2) is 0 Å². The first-order chi connectivity index (χ1) is 9.37. The standard InChI is InChI=1S/C13H17Cl2NO3S/c14-11-5-4-9(6-12(11)15)8-20(18,19)16-7-10-2-1-3-13(10)17/h4-6,10,13,16-17H,1-3,7-8H2/t10-,13+/m0/s1. The van der Waals surface area contributed by atoms with Gasteiger partial charge in [-0.15, -0.1) is 0 Å². The molecule has 0 radical (unpaired) electrons. The zero-order valence-corrected chi connectivity index (χ0v) is 13.2. The van der Waals surface area contributed by atoms with Gasteiger partial charge < -0.3 is 5.11 Å². The van der Waals surface area contributed by atoms with Gasteiger partial charge in [-0.3, -0.25) is 0 Å². The van der Waals surface area contributed by atoms with E-state index >= 15 is 0 Å². The topological polar surface area (TPSA) is 66.4 Å². The number of nitrogens with one attached hydrogen (secondary N) is 1. The second kappa shape index (κ2) is 6.62. The number of hydrogen-bond acceptors (Lipinski definition) is 3. The van der Waals surface area contributed by atoms with Crippen LogP contribution in [0.2, 0.25) is 10.0 Å². The lowest BCUT2D eigenvalue weighted by atomic mass is 10.1. The van der Waals surface area contributed by atoms with Gasteiger partial charge in [-0.25, -0.2) is 13.1 Å². The van der Waals surface area contributed by atoms with Crippen molar-refractivity contribution in [2.45, 2.75) is 31.1 Å². The summed E-state index contributed by atoms with van der Waals surface area (Å²) in [6.07, 6.45) is 2.15. The Hall–Kier alpha value is -0.330. The summed E-state index contributed by atoms with van der Waals surface area (Å²) in [6.45, 7) is 0.283. The van der Waals surface area contributed by atoms with Crippen LogP contribution in [0.4, 0.5) is 0 Å². The lowest BCUT2D eigenvalue weighted by Crippen LogP contribution is -2.33. The number of hydrogen-bond donors (Lipinski definition) is 2. The molecule has 1 fully saturated rings. The smallest absolute Gasteiger partial charge is 0.215 e. The highest BCUT2D eigenvalue weighted by atomic mass is 35.5. The molecule has 1 aliphatic carbocycles. The molecular formula is C13H17Cl2NO3S. The highest BCUT2D eigenvalue weighted by Crippen LogP contribution is 2.25. The molecule has 2 N–H and O–H groups in total. The van der Waals surface area contributed by atoms with Crippen LogP contribution >= 0.6 is 23.2 Å². The van der Waals surface area contributed by atoms with Crippen molar-refractivity contribution >= 4 is 33.2 Å². The van der Waals surface area contributed by atoms with Crippen molar-refractivity contribution in [1.29, 1.82) is 0 Å². The van der Waals surface area contributed by atoms with E-state index < -0.39 is 16.1 Å². The number of sulfonamides is 1. The van der Waals surface area contributed by atoms with Crippen LogP contribution in [0.1, 0.15) is 24.8 Å². The lowest BCUT2D eigenvalue weighted by Gasteiger charge is -2.15. The molecule has 4 nitrogen and oxygen atoms in total. The first-order valence-electron chi connectivity index (χ1n) is 6.47. The number of aliphatic hydroxyl groups excluding tert-OH is 1. The summed E-state index contributed by atoms with van der Waals surface area (Å²) in [5.74, 6) is -0.134. The van der Waals surface area contributed by atoms with Gasteiger partial charge in [-0.2, -0.15) is 0 Å². The largest absolute Gasteiger partial charge is 0.393 e. The highest BCUT2D eigenvalue weighted by Gasteiger charge is 2.26. The molecule has 7 heteroatoms. The third kappa shape index (κ3) is 4.33. The van der Waals surface area contributed by atoms with E-state index in [2.05, 4.69) is 4.72 Å². The Morgan fingerprint density at radius 1 is 1.25 bits per heavy atom. The second-order valence-corrected chi connectivity index (χ2v) is 7.74. The van der Waals surface area contributed by atoms with Crippen LogP contribution < -0.4 is 4.72 Å². The number of benzene rings is 1. The van der Waals surface area contributed by atoms with Crippen molar-refractivity contribution in [1.82, 2.24) is 4.72 Å². The normalized spacial score (nSPS) is 23.1. The minimum Gasteiger partial charge on any atom is -0.393 e. The fourth-order valence-corrected chi connectivity index (χ4v) is 3.90. The van der Waals surface area contributed by atoms with E-state index in [0.717, 1.165) is 19.3 Å². The van der Waals surface area contributed by atoms with E-state index in [1.807, 2.05) is 0 Å². The zero-order valence-electron chi connectivity index (χ0n) is 10.9. The Bertz CT molecular complexity index is 577. The lowest BCUT2D eigenvalue weighted by molar-refractivity contribution is 0.134. The predicted octanol–water partition coefficient (Wildman–Crippen LogP) is 2.57. The van der Waals surface area contributed by atoms with Gasteiger partial charge in [0, 0.05) is 6.54 Å². The zero-order chi connectivity index (χ0) is 14.8. The van der Waals surface area contributed by atoms with E-state index in [1.165, 1.54) is 0 Å². The number of halogens is 2. The molecule has 0 amide bonds. The minimum absolute atomic E-state index is 0.0126. The predicted molar refractivity (Wildman–Crippen MR) is 80.4 cm³/mol. The van der Waals surface area contributed by atoms with Gasteiger partial charge in [-0.05, 0) is 36.5 Å². The first-order valence-corrected chi connectivity index (χ1v) is 8.87. The number of aliphatic hydroxyl groups is 1. The molecule has 0 unspecified atom stereocenters. The van der Waals surface area contributed by atoms with Gasteiger partial charge in [0.05, 0.1) is 21.9 Å². The highest BCUT2D eigenvalue weighted by molar-refractivity contribution is 7.88. The Labute approximate surface area is 129 Å². The quantitative estimate of drug-likeness (QED) is 0.867. The van der Waals surface area contributed by atoms with E-state index in [9.17, 15) is 13.5 Å². The molecule has 112 valence electrons. The van der Waals surface area contributed by atoms with Crippen LogP contribution in [-0.4, -0.2) is 26.2 Å². The van der Waals surface area contributed by atoms with Crippen molar-refractivity contribution in [3.05, 3.63) is 33.8 Å². The summed E-state index contributed by atoms with van der Waals surface area (Å²) < 4.78 is 26.5. The minimum atomic E-state index is -3.44. The van der Waals surface area contributed by atoms with Gasteiger partial charge >= 0.3 is 0 Å². The third-order valence-electron chi connectivity index (χ3n) is 3.53. The van der Waals surface area contributed by atoms with Crippen LogP contribution in [-0.2, 0) is 15.8 Å². The Balaban J connectivity index is 1.94. The molecule has 0 aromatic heterocycles. The summed E-state index contributed by atoms with van der Waals surface area (Å²) in [6, 6.07) is 4.76. The van der Waals surface area contributed by atoms with Crippen molar-refractivity contribution in [3.8, 4) is 0 Å². The molecule has 0 aliphatic heterocycles. The molecule has 20 heavy (non-hydrogen) atoms. The molecule has 0 spiro atoms.